The first kappa shape index (κ1) is 13.6. The monoisotopic (exact) mass is 277 g/mol. The standard InChI is InChI=1S/C13H15N3O2S/c1-19-9-12(17)14-6-7-16-13(18)11-5-3-2-4-10(11)8-15-16/h2-5,8H,6-7,9H2,1H3,(H,14,17). The van der Waals surface area contributed by atoms with Crippen LogP contribution in [0.15, 0.2) is 35.3 Å². The molecule has 5 nitrogen and oxygen atoms in total. The van der Waals surface area contributed by atoms with Crippen LogP contribution in [0, 0.1) is 0 Å². The molecule has 1 N–H and O–H groups in total. The third kappa shape index (κ3) is 3.35. The van der Waals surface area contributed by atoms with E-state index in [0.29, 0.717) is 24.2 Å². The van der Waals surface area contributed by atoms with Crippen LogP contribution in [0.25, 0.3) is 10.8 Å². The van der Waals surface area contributed by atoms with Crippen LogP contribution < -0.4 is 10.9 Å². The predicted octanol–water partition coefficient (Wildman–Crippen LogP) is 0.876. The number of nitrogens with zero attached hydrogens (tertiary/aromatic N) is 2. The fraction of sp³-hybridized carbons (Fsp3) is 0.308. The molecule has 1 heterocycles. The number of thioether (sulfide) groups is 1. The zero-order chi connectivity index (χ0) is 13.7. The summed E-state index contributed by atoms with van der Waals surface area (Å²) >= 11 is 1.46. The van der Waals surface area contributed by atoms with Crippen molar-refractivity contribution in [2.24, 2.45) is 0 Å². The molecule has 6 heteroatoms. The normalized spacial score (nSPS) is 10.6. The number of amides is 1. The molecule has 0 saturated heterocycles. The first-order valence-electron chi connectivity index (χ1n) is 5.93. The summed E-state index contributed by atoms with van der Waals surface area (Å²) in [7, 11) is 0. The van der Waals surface area contributed by atoms with Gasteiger partial charge in [0.15, 0.2) is 0 Å². The summed E-state index contributed by atoms with van der Waals surface area (Å²) in [5, 5.41) is 8.32. The van der Waals surface area contributed by atoms with Crippen molar-refractivity contribution in [2.45, 2.75) is 6.54 Å². The van der Waals surface area contributed by atoms with Gasteiger partial charge >= 0.3 is 0 Å². The van der Waals surface area contributed by atoms with Gasteiger partial charge in [-0.25, -0.2) is 4.68 Å². The molecule has 19 heavy (non-hydrogen) atoms. The van der Waals surface area contributed by atoms with Crippen molar-refractivity contribution >= 4 is 28.4 Å². The summed E-state index contributed by atoms with van der Waals surface area (Å²) in [5.41, 5.74) is -0.128. The second-order valence-corrected chi connectivity index (χ2v) is 4.91. The molecule has 0 aliphatic heterocycles. The summed E-state index contributed by atoms with van der Waals surface area (Å²) in [6.07, 6.45) is 3.54. The molecule has 2 aromatic rings. The summed E-state index contributed by atoms with van der Waals surface area (Å²) < 4.78 is 1.38. The fourth-order valence-corrected chi connectivity index (χ4v) is 2.13. The van der Waals surface area contributed by atoms with E-state index in [1.807, 2.05) is 24.5 Å². The van der Waals surface area contributed by atoms with Gasteiger partial charge in [0, 0.05) is 11.9 Å². The molecule has 0 aliphatic carbocycles. The zero-order valence-corrected chi connectivity index (χ0v) is 11.4. The minimum atomic E-state index is -0.128. The van der Waals surface area contributed by atoms with Crippen LogP contribution in [0.2, 0.25) is 0 Å². The Balaban J connectivity index is 2.07. The summed E-state index contributed by atoms with van der Waals surface area (Å²) in [4.78, 5) is 23.4. The molecule has 0 aliphatic rings. The van der Waals surface area contributed by atoms with Gasteiger partial charge in [-0.3, -0.25) is 9.59 Å². The van der Waals surface area contributed by atoms with Crippen molar-refractivity contribution in [3.05, 3.63) is 40.8 Å². The van der Waals surface area contributed by atoms with Gasteiger partial charge in [0.25, 0.3) is 5.56 Å². The lowest BCUT2D eigenvalue weighted by atomic mass is 10.2. The Hall–Kier alpha value is -1.82. The van der Waals surface area contributed by atoms with Crippen LogP contribution in [0.5, 0.6) is 0 Å². The van der Waals surface area contributed by atoms with E-state index in [4.69, 9.17) is 0 Å². The molecule has 100 valence electrons. The van der Waals surface area contributed by atoms with Gasteiger partial charge in [0.1, 0.15) is 0 Å². The van der Waals surface area contributed by atoms with E-state index in [-0.39, 0.29) is 11.5 Å². The van der Waals surface area contributed by atoms with Crippen LogP contribution in [-0.2, 0) is 11.3 Å². The summed E-state index contributed by atoms with van der Waals surface area (Å²) in [6.45, 7) is 0.786. The maximum Gasteiger partial charge on any atom is 0.274 e. The van der Waals surface area contributed by atoms with Crippen molar-refractivity contribution in [2.75, 3.05) is 18.6 Å². The molecule has 1 amide bonds. The molecule has 2 rings (SSSR count). The van der Waals surface area contributed by atoms with Crippen LogP contribution in [0.1, 0.15) is 0 Å². The number of nitrogens with one attached hydrogen (secondary N) is 1. The molecule has 0 unspecified atom stereocenters. The molecule has 0 radical (unpaired) electrons. The van der Waals surface area contributed by atoms with Crippen molar-refractivity contribution < 1.29 is 4.79 Å². The van der Waals surface area contributed by atoms with E-state index in [2.05, 4.69) is 10.4 Å². The maximum atomic E-state index is 12.1. The second-order valence-electron chi connectivity index (χ2n) is 4.04. The van der Waals surface area contributed by atoms with Crippen LogP contribution in [0.4, 0.5) is 0 Å². The Labute approximate surface area is 115 Å². The quantitative estimate of drug-likeness (QED) is 0.881. The van der Waals surface area contributed by atoms with Crippen LogP contribution >= 0.6 is 11.8 Å². The van der Waals surface area contributed by atoms with Gasteiger partial charge in [-0.05, 0) is 12.3 Å². The zero-order valence-electron chi connectivity index (χ0n) is 10.6. The summed E-state index contributed by atoms with van der Waals surface area (Å²) in [5.74, 6) is 0.404. The Kier molecular flexibility index (Phi) is 4.57. The van der Waals surface area contributed by atoms with Crippen molar-refractivity contribution in [1.29, 1.82) is 0 Å². The first-order valence-corrected chi connectivity index (χ1v) is 7.32. The van der Waals surface area contributed by atoms with Crippen molar-refractivity contribution in [1.82, 2.24) is 15.1 Å². The second kappa shape index (κ2) is 6.38. The van der Waals surface area contributed by atoms with E-state index in [0.717, 1.165) is 5.39 Å². The maximum absolute atomic E-state index is 12.1. The molecular formula is C13H15N3O2S. The third-order valence-corrected chi connectivity index (χ3v) is 3.23. The molecule has 0 saturated carbocycles. The largest absolute Gasteiger partial charge is 0.354 e. The SMILES string of the molecule is CSCC(=O)NCCn1ncc2ccccc2c1=O. The molecular weight excluding hydrogens is 262 g/mol. The van der Waals surface area contributed by atoms with Gasteiger partial charge in [-0.1, -0.05) is 18.2 Å². The minimum absolute atomic E-state index is 0.0265. The third-order valence-electron chi connectivity index (χ3n) is 2.68. The van der Waals surface area contributed by atoms with Crippen molar-refractivity contribution in [3.8, 4) is 0 Å². The Bertz CT molecular complexity index is 639. The Morgan fingerprint density at radius 3 is 3.00 bits per heavy atom. The highest BCUT2D eigenvalue weighted by atomic mass is 32.2. The molecule has 0 atom stereocenters. The minimum Gasteiger partial charge on any atom is -0.354 e. The number of hydrogen-bond donors (Lipinski definition) is 1. The number of carbonyl (C=O) groups is 1. The van der Waals surface area contributed by atoms with Crippen LogP contribution in [0.3, 0.4) is 0 Å². The number of carbonyl (C=O) groups excluding carboxylic acids is 1. The number of aromatic nitrogens is 2. The first-order chi connectivity index (χ1) is 9.22. The van der Waals surface area contributed by atoms with E-state index in [9.17, 15) is 9.59 Å². The molecule has 1 aromatic carbocycles. The Morgan fingerprint density at radius 2 is 2.21 bits per heavy atom. The number of fused-ring (bicyclic) bond motifs is 1. The fourth-order valence-electron chi connectivity index (χ4n) is 1.77. The average molecular weight is 277 g/mol. The highest BCUT2D eigenvalue weighted by Gasteiger charge is 2.04. The van der Waals surface area contributed by atoms with Gasteiger partial charge in [-0.15, -0.1) is 0 Å². The van der Waals surface area contributed by atoms with Crippen LogP contribution in [-0.4, -0.2) is 34.2 Å². The van der Waals surface area contributed by atoms with Gasteiger partial charge < -0.3 is 5.32 Å². The molecule has 0 fully saturated rings. The number of rotatable bonds is 5. The topological polar surface area (TPSA) is 64.0 Å². The van der Waals surface area contributed by atoms with Gasteiger partial charge in [-0.2, -0.15) is 16.9 Å². The van der Waals surface area contributed by atoms with E-state index in [1.54, 1.807) is 12.3 Å². The average Bonchev–Trinajstić information content (AvgIpc) is 2.42. The predicted molar refractivity (Wildman–Crippen MR) is 77.4 cm³/mol. The van der Waals surface area contributed by atoms with Gasteiger partial charge in [0.05, 0.1) is 23.9 Å². The van der Waals surface area contributed by atoms with Crippen molar-refractivity contribution in [3.63, 3.8) is 0 Å². The Morgan fingerprint density at radius 1 is 1.42 bits per heavy atom. The van der Waals surface area contributed by atoms with E-state index in [1.165, 1.54) is 16.4 Å². The van der Waals surface area contributed by atoms with E-state index < -0.39 is 0 Å². The van der Waals surface area contributed by atoms with E-state index >= 15 is 0 Å². The lowest BCUT2D eigenvalue weighted by Crippen LogP contribution is -2.32. The van der Waals surface area contributed by atoms with Gasteiger partial charge in [0.2, 0.25) is 5.91 Å². The molecule has 1 aromatic heterocycles. The number of hydrogen-bond acceptors (Lipinski definition) is 4. The number of benzene rings is 1. The summed E-state index contributed by atoms with van der Waals surface area (Å²) in [6, 6.07) is 7.33. The molecule has 0 bridgehead atoms. The lowest BCUT2D eigenvalue weighted by molar-refractivity contribution is -0.118. The highest BCUT2D eigenvalue weighted by Crippen LogP contribution is 2.05. The lowest BCUT2D eigenvalue weighted by Gasteiger charge is -2.07. The molecule has 0 spiro atoms. The smallest absolute Gasteiger partial charge is 0.274 e. The highest BCUT2D eigenvalue weighted by molar-refractivity contribution is 7.99.